The first-order chi connectivity index (χ1) is 9.79. The molecule has 0 atom stereocenters. The van der Waals surface area contributed by atoms with E-state index in [1.54, 1.807) is 34.9 Å². The second-order valence-corrected chi connectivity index (χ2v) is 4.71. The number of likely N-dealkylation sites (N-methyl/N-ethyl adjacent to an activating group) is 1. The van der Waals surface area contributed by atoms with E-state index in [2.05, 4.69) is 4.98 Å². The first-order valence-corrected chi connectivity index (χ1v) is 6.53. The number of rotatable bonds is 5. The van der Waals surface area contributed by atoms with Gasteiger partial charge in [0.05, 0.1) is 12.2 Å². The lowest BCUT2D eigenvalue weighted by Gasteiger charge is -2.10. The van der Waals surface area contributed by atoms with E-state index in [-0.39, 0.29) is 24.8 Å². The third-order valence-corrected chi connectivity index (χ3v) is 2.95. The molecule has 0 bridgehead atoms. The number of carbonyl (C=O) groups is 3. The molecular formula is C14H20N2O5. The summed E-state index contributed by atoms with van der Waals surface area (Å²) in [5.74, 6) is -1.50. The van der Waals surface area contributed by atoms with E-state index >= 15 is 0 Å². The molecule has 1 aromatic heterocycles. The number of aromatic amines is 1. The number of carbonyl (C=O) groups excluding carboxylic acids is 3. The average molecular weight is 296 g/mol. The van der Waals surface area contributed by atoms with Gasteiger partial charge in [0.1, 0.15) is 5.69 Å². The Bertz CT molecular complexity index is 560. The van der Waals surface area contributed by atoms with Crippen molar-refractivity contribution < 1.29 is 23.9 Å². The highest BCUT2D eigenvalue weighted by Gasteiger charge is 2.24. The maximum Gasteiger partial charge on any atom is 0.355 e. The van der Waals surface area contributed by atoms with Crippen molar-refractivity contribution in [3.63, 3.8) is 0 Å². The Hall–Kier alpha value is -2.31. The molecule has 0 unspecified atom stereocenters. The number of H-pyrrole nitrogens is 1. The van der Waals surface area contributed by atoms with Crippen molar-refractivity contribution in [3.05, 3.63) is 22.5 Å². The van der Waals surface area contributed by atoms with Crippen LogP contribution in [0, 0.1) is 13.8 Å². The van der Waals surface area contributed by atoms with E-state index in [1.165, 1.54) is 4.90 Å². The zero-order valence-corrected chi connectivity index (χ0v) is 12.9. The number of hydrogen-bond acceptors (Lipinski definition) is 5. The van der Waals surface area contributed by atoms with Gasteiger partial charge in [0, 0.05) is 19.8 Å². The van der Waals surface area contributed by atoms with Gasteiger partial charge >= 0.3 is 11.9 Å². The van der Waals surface area contributed by atoms with Crippen molar-refractivity contribution in [1.82, 2.24) is 9.88 Å². The summed E-state index contributed by atoms with van der Waals surface area (Å²) >= 11 is 0. The quantitative estimate of drug-likeness (QED) is 0.820. The molecule has 0 fully saturated rings. The molecule has 21 heavy (non-hydrogen) atoms. The molecule has 116 valence electrons. The van der Waals surface area contributed by atoms with Gasteiger partial charge in [-0.05, 0) is 26.3 Å². The molecule has 0 aliphatic rings. The van der Waals surface area contributed by atoms with E-state index < -0.39 is 11.9 Å². The Labute approximate surface area is 123 Å². The summed E-state index contributed by atoms with van der Waals surface area (Å²) in [5, 5.41) is 0. The molecule has 1 rings (SSSR count). The van der Waals surface area contributed by atoms with Crippen LogP contribution >= 0.6 is 0 Å². The minimum atomic E-state index is -0.679. The van der Waals surface area contributed by atoms with Crippen molar-refractivity contribution in [2.45, 2.75) is 20.8 Å². The Morgan fingerprint density at radius 1 is 1.10 bits per heavy atom. The van der Waals surface area contributed by atoms with Crippen LogP contribution in [0.5, 0.6) is 0 Å². The fraction of sp³-hybridized carbons (Fsp3) is 0.500. The maximum atomic E-state index is 12.0. The van der Waals surface area contributed by atoms with E-state index in [9.17, 15) is 14.4 Å². The van der Waals surface area contributed by atoms with Crippen molar-refractivity contribution in [2.75, 3.05) is 27.3 Å². The molecule has 0 aliphatic carbocycles. The molecule has 1 amide bonds. The Morgan fingerprint density at radius 2 is 1.71 bits per heavy atom. The highest BCUT2D eigenvalue weighted by Crippen LogP contribution is 2.19. The number of aryl methyl sites for hydroxylation is 1. The van der Waals surface area contributed by atoms with Crippen molar-refractivity contribution in [3.8, 4) is 0 Å². The van der Waals surface area contributed by atoms with E-state index in [0.717, 1.165) is 0 Å². The van der Waals surface area contributed by atoms with Crippen LogP contribution in [0.3, 0.4) is 0 Å². The van der Waals surface area contributed by atoms with Crippen LogP contribution in [0.25, 0.3) is 0 Å². The molecule has 7 nitrogen and oxygen atoms in total. The number of esters is 2. The molecule has 7 heteroatoms. The maximum absolute atomic E-state index is 12.0. The van der Waals surface area contributed by atoms with Crippen molar-refractivity contribution in [2.24, 2.45) is 0 Å². The number of nitrogens with zero attached hydrogens (tertiary/aromatic N) is 1. The first-order valence-electron chi connectivity index (χ1n) is 6.53. The normalized spacial score (nSPS) is 10.1. The highest BCUT2D eigenvalue weighted by molar-refractivity contribution is 5.99. The second-order valence-electron chi connectivity index (χ2n) is 4.71. The lowest BCUT2D eigenvalue weighted by molar-refractivity contribution is -0.131. The molecule has 0 saturated heterocycles. The topological polar surface area (TPSA) is 88.7 Å². The molecule has 0 saturated carbocycles. The van der Waals surface area contributed by atoms with Gasteiger partial charge in [-0.3, -0.25) is 4.79 Å². The van der Waals surface area contributed by atoms with E-state index in [4.69, 9.17) is 9.47 Å². The predicted octanol–water partition coefficient (Wildman–Crippen LogP) is 1.05. The van der Waals surface area contributed by atoms with Crippen LogP contribution in [0.4, 0.5) is 0 Å². The third kappa shape index (κ3) is 3.84. The molecule has 0 radical (unpaired) electrons. The predicted molar refractivity (Wildman–Crippen MR) is 75.2 cm³/mol. The lowest BCUT2D eigenvalue weighted by atomic mass is 10.1. The first kappa shape index (κ1) is 16.7. The molecule has 0 aliphatic heterocycles. The number of ether oxygens (including phenoxy) is 2. The molecule has 1 heterocycles. The van der Waals surface area contributed by atoms with E-state index in [1.807, 2.05) is 0 Å². The zero-order valence-electron chi connectivity index (χ0n) is 12.9. The van der Waals surface area contributed by atoms with Crippen molar-refractivity contribution in [1.29, 1.82) is 0 Å². The summed E-state index contributed by atoms with van der Waals surface area (Å²) in [6, 6.07) is 0. The summed E-state index contributed by atoms with van der Waals surface area (Å²) in [4.78, 5) is 39.3. The largest absolute Gasteiger partial charge is 0.462 e. The third-order valence-electron chi connectivity index (χ3n) is 2.95. The molecule has 0 aromatic carbocycles. The van der Waals surface area contributed by atoms with Gasteiger partial charge in [-0.2, -0.15) is 0 Å². The second kappa shape index (κ2) is 6.92. The SMILES string of the molecule is CCOC(=O)c1c(C)[nH]c(C(=O)OCC(=O)N(C)C)c1C. The van der Waals surface area contributed by atoms with Crippen LogP contribution in [-0.2, 0) is 14.3 Å². The van der Waals surface area contributed by atoms with Gasteiger partial charge < -0.3 is 19.4 Å². The average Bonchev–Trinajstić information content (AvgIpc) is 2.71. The monoisotopic (exact) mass is 296 g/mol. The number of nitrogens with one attached hydrogen (secondary N) is 1. The minimum Gasteiger partial charge on any atom is -0.462 e. The van der Waals surface area contributed by atoms with Gasteiger partial charge in [-0.1, -0.05) is 0 Å². The Morgan fingerprint density at radius 3 is 2.24 bits per heavy atom. The number of hydrogen-bond donors (Lipinski definition) is 1. The van der Waals surface area contributed by atoms with Gasteiger partial charge in [0.25, 0.3) is 5.91 Å². The highest BCUT2D eigenvalue weighted by atomic mass is 16.5. The van der Waals surface area contributed by atoms with E-state index in [0.29, 0.717) is 16.8 Å². The summed E-state index contributed by atoms with van der Waals surface area (Å²) in [5.41, 5.74) is 1.45. The zero-order chi connectivity index (χ0) is 16.2. The molecule has 1 aromatic rings. The summed E-state index contributed by atoms with van der Waals surface area (Å²) in [6.45, 7) is 4.90. The van der Waals surface area contributed by atoms with Gasteiger partial charge in [0.15, 0.2) is 6.61 Å². The lowest BCUT2D eigenvalue weighted by Crippen LogP contribution is -2.27. The van der Waals surface area contributed by atoms with Gasteiger partial charge in [0.2, 0.25) is 0 Å². The molecule has 0 spiro atoms. The number of aromatic nitrogens is 1. The van der Waals surface area contributed by atoms with Crippen LogP contribution in [0.15, 0.2) is 0 Å². The van der Waals surface area contributed by atoms with Gasteiger partial charge in [-0.25, -0.2) is 9.59 Å². The summed E-state index contributed by atoms with van der Waals surface area (Å²) in [6.07, 6.45) is 0. The summed E-state index contributed by atoms with van der Waals surface area (Å²) in [7, 11) is 3.14. The van der Waals surface area contributed by atoms with Crippen LogP contribution in [0.1, 0.15) is 39.0 Å². The smallest absolute Gasteiger partial charge is 0.355 e. The van der Waals surface area contributed by atoms with Crippen LogP contribution < -0.4 is 0 Å². The minimum absolute atomic E-state index is 0.155. The standard InChI is InChI=1S/C14H20N2O5/c1-6-20-13(18)11-8(2)12(15-9(11)3)14(19)21-7-10(17)16(4)5/h15H,6-7H2,1-5H3. The Balaban J connectivity index is 2.89. The van der Waals surface area contributed by atoms with Crippen LogP contribution in [0.2, 0.25) is 0 Å². The molecular weight excluding hydrogens is 276 g/mol. The fourth-order valence-corrected chi connectivity index (χ4v) is 1.79. The number of amides is 1. The van der Waals surface area contributed by atoms with Crippen molar-refractivity contribution >= 4 is 17.8 Å². The van der Waals surface area contributed by atoms with Crippen LogP contribution in [-0.4, -0.2) is 55.0 Å². The summed E-state index contributed by atoms with van der Waals surface area (Å²) < 4.78 is 9.87. The molecule has 1 N–H and O–H groups in total. The fourth-order valence-electron chi connectivity index (χ4n) is 1.79. The van der Waals surface area contributed by atoms with Gasteiger partial charge in [-0.15, -0.1) is 0 Å². The Kier molecular flexibility index (Phi) is 5.52.